The number of carbonyl (C=O) groups is 1. The second-order valence-electron chi connectivity index (χ2n) is 5.03. The molecule has 0 bridgehead atoms. The van der Waals surface area contributed by atoms with E-state index in [2.05, 4.69) is 9.97 Å². The Labute approximate surface area is 129 Å². The van der Waals surface area contributed by atoms with Crippen molar-refractivity contribution >= 4 is 33.5 Å². The number of benzene rings is 1. The highest BCUT2D eigenvalue weighted by molar-refractivity contribution is 6.11. The number of non-ortho nitro benzene ring substituents is 1. The van der Waals surface area contributed by atoms with Gasteiger partial charge in [0.05, 0.1) is 23.2 Å². The molecule has 0 aliphatic heterocycles. The number of hydrogen-bond acceptors (Lipinski definition) is 5. The van der Waals surface area contributed by atoms with Gasteiger partial charge in [-0.05, 0) is 18.1 Å². The van der Waals surface area contributed by atoms with E-state index in [-0.39, 0.29) is 11.4 Å². The Kier molecular flexibility index (Phi) is 3.67. The Hall–Kier alpha value is -3.00. The van der Waals surface area contributed by atoms with Gasteiger partial charge >= 0.3 is 5.97 Å². The highest BCUT2D eigenvalue weighted by atomic mass is 16.6. The predicted octanol–water partition coefficient (Wildman–Crippen LogP) is 2.51. The van der Waals surface area contributed by atoms with Crippen molar-refractivity contribution in [2.45, 2.75) is 6.42 Å². The fourth-order valence-corrected chi connectivity index (χ4v) is 2.69. The number of nitro groups is 1. The summed E-state index contributed by atoms with van der Waals surface area (Å²) in [6.07, 6.45) is 1.78. The third-order valence-electron chi connectivity index (χ3n) is 3.69. The largest absolute Gasteiger partial charge is 0.477 e. The van der Waals surface area contributed by atoms with Gasteiger partial charge in [-0.1, -0.05) is 0 Å². The molecule has 23 heavy (non-hydrogen) atoms. The molecule has 8 heteroatoms. The van der Waals surface area contributed by atoms with Crippen LogP contribution in [0, 0.1) is 10.1 Å². The van der Waals surface area contributed by atoms with Gasteiger partial charge in [0.25, 0.3) is 5.69 Å². The van der Waals surface area contributed by atoms with Crippen LogP contribution in [0.4, 0.5) is 5.69 Å². The fraction of sp³-hybridized carbons (Fsp3) is 0.200. The van der Waals surface area contributed by atoms with Crippen LogP contribution in [0.2, 0.25) is 0 Å². The van der Waals surface area contributed by atoms with Crippen LogP contribution >= 0.6 is 0 Å². The van der Waals surface area contributed by atoms with Gasteiger partial charge in [0.1, 0.15) is 0 Å². The van der Waals surface area contributed by atoms with Crippen molar-refractivity contribution in [3.8, 4) is 0 Å². The van der Waals surface area contributed by atoms with Crippen molar-refractivity contribution in [1.29, 1.82) is 0 Å². The molecule has 0 amide bonds. The Morgan fingerprint density at radius 2 is 2.22 bits per heavy atom. The number of carboxylic acid groups (broad SMARTS) is 1. The van der Waals surface area contributed by atoms with Crippen LogP contribution in [0.5, 0.6) is 0 Å². The maximum Gasteiger partial charge on any atom is 0.354 e. The summed E-state index contributed by atoms with van der Waals surface area (Å²) in [5.41, 5.74) is 1.71. The highest BCUT2D eigenvalue weighted by Crippen LogP contribution is 2.32. The Bertz CT molecular complexity index is 932. The van der Waals surface area contributed by atoms with E-state index < -0.39 is 10.9 Å². The number of carboxylic acids is 1. The number of rotatable bonds is 5. The van der Waals surface area contributed by atoms with Crippen LogP contribution in [0.25, 0.3) is 21.8 Å². The molecule has 118 valence electrons. The van der Waals surface area contributed by atoms with Gasteiger partial charge in [0, 0.05) is 35.5 Å². The topological polar surface area (TPSA) is 118 Å². The van der Waals surface area contributed by atoms with Gasteiger partial charge in [0.2, 0.25) is 0 Å². The third-order valence-corrected chi connectivity index (χ3v) is 3.69. The van der Waals surface area contributed by atoms with Crippen molar-refractivity contribution in [3.05, 3.63) is 45.8 Å². The van der Waals surface area contributed by atoms with Gasteiger partial charge in [0.15, 0.2) is 5.69 Å². The summed E-state index contributed by atoms with van der Waals surface area (Å²) in [5, 5.41) is 21.6. The molecule has 3 rings (SSSR count). The normalized spacial score (nSPS) is 11.2. The lowest BCUT2D eigenvalue weighted by Gasteiger charge is -2.07. The SMILES string of the molecule is COCCc1c(C(=O)O)ncc2[nH]c3ccc([N+](=O)[O-])cc3c12. The average molecular weight is 315 g/mol. The minimum atomic E-state index is -1.14. The molecule has 0 atom stereocenters. The molecule has 0 saturated carbocycles. The van der Waals surface area contributed by atoms with Crippen LogP contribution in [0.1, 0.15) is 16.1 Å². The van der Waals surface area contributed by atoms with Crippen LogP contribution in [-0.2, 0) is 11.2 Å². The molecule has 8 nitrogen and oxygen atoms in total. The molecule has 0 unspecified atom stereocenters. The summed E-state index contributed by atoms with van der Waals surface area (Å²) in [6.45, 7) is 0.322. The molecule has 0 spiro atoms. The van der Waals surface area contributed by atoms with Gasteiger partial charge in [-0.3, -0.25) is 10.1 Å². The fourth-order valence-electron chi connectivity index (χ4n) is 2.69. The minimum Gasteiger partial charge on any atom is -0.477 e. The highest BCUT2D eigenvalue weighted by Gasteiger charge is 2.19. The van der Waals surface area contributed by atoms with Crippen LogP contribution in [0.15, 0.2) is 24.4 Å². The first-order valence-electron chi connectivity index (χ1n) is 6.83. The molecule has 2 aromatic heterocycles. The molecule has 0 radical (unpaired) electrons. The molecule has 2 heterocycles. The third kappa shape index (κ3) is 2.49. The molecule has 0 aliphatic rings. The van der Waals surface area contributed by atoms with E-state index in [0.717, 1.165) is 0 Å². The lowest BCUT2D eigenvalue weighted by molar-refractivity contribution is -0.384. The quantitative estimate of drug-likeness (QED) is 0.551. The number of fused-ring (bicyclic) bond motifs is 3. The van der Waals surface area contributed by atoms with Gasteiger partial charge in [-0.25, -0.2) is 9.78 Å². The Morgan fingerprint density at radius 1 is 1.43 bits per heavy atom. The summed E-state index contributed by atoms with van der Waals surface area (Å²) in [4.78, 5) is 29.1. The van der Waals surface area contributed by atoms with E-state index in [1.54, 1.807) is 6.07 Å². The maximum absolute atomic E-state index is 11.4. The van der Waals surface area contributed by atoms with E-state index in [9.17, 15) is 20.0 Å². The number of aromatic amines is 1. The van der Waals surface area contributed by atoms with Crippen molar-refractivity contribution in [2.24, 2.45) is 0 Å². The summed E-state index contributed by atoms with van der Waals surface area (Å²) >= 11 is 0. The lowest BCUT2D eigenvalue weighted by atomic mass is 10.0. The number of H-pyrrole nitrogens is 1. The monoisotopic (exact) mass is 315 g/mol. The molecule has 1 aromatic carbocycles. The second kappa shape index (κ2) is 5.65. The van der Waals surface area contributed by atoms with Crippen LogP contribution in [0.3, 0.4) is 0 Å². The summed E-state index contributed by atoms with van der Waals surface area (Å²) in [5.74, 6) is -1.14. The number of pyridine rings is 1. The summed E-state index contributed by atoms with van der Waals surface area (Å²) in [6, 6.07) is 4.45. The van der Waals surface area contributed by atoms with E-state index in [1.165, 1.54) is 25.4 Å². The number of hydrogen-bond donors (Lipinski definition) is 2. The first-order valence-corrected chi connectivity index (χ1v) is 6.83. The number of nitrogens with one attached hydrogen (secondary N) is 1. The molecule has 0 fully saturated rings. The van der Waals surface area contributed by atoms with Gasteiger partial charge in [-0.15, -0.1) is 0 Å². The number of aromatic nitrogens is 2. The van der Waals surface area contributed by atoms with Crippen molar-refractivity contribution in [3.63, 3.8) is 0 Å². The average Bonchev–Trinajstić information content (AvgIpc) is 2.90. The number of ether oxygens (including phenoxy) is 1. The van der Waals surface area contributed by atoms with E-state index in [0.29, 0.717) is 40.4 Å². The standard InChI is InChI=1S/C15H13N3O5/c1-23-5-4-9-13-10-6-8(18(21)22)2-3-11(10)17-12(13)7-16-14(9)15(19)20/h2-3,6-7,17H,4-5H2,1H3,(H,19,20). The van der Waals surface area contributed by atoms with Crippen molar-refractivity contribution < 1.29 is 19.6 Å². The van der Waals surface area contributed by atoms with Crippen LogP contribution in [-0.4, -0.2) is 39.7 Å². The predicted molar refractivity (Wildman–Crippen MR) is 82.8 cm³/mol. The van der Waals surface area contributed by atoms with E-state index in [4.69, 9.17) is 4.74 Å². The Morgan fingerprint density at radius 3 is 2.87 bits per heavy atom. The summed E-state index contributed by atoms with van der Waals surface area (Å²) < 4.78 is 5.04. The molecule has 3 aromatic rings. The summed E-state index contributed by atoms with van der Waals surface area (Å²) in [7, 11) is 1.52. The molecular weight excluding hydrogens is 302 g/mol. The zero-order valence-corrected chi connectivity index (χ0v) is 12.2. The Balaban J connectivity index is 2.37. The van der Waals surface area contributed by atoms with Crippen molar-refractivity contribution in [2.75, 3.05) is 13.7 Å². The molecule has 0 saturated heterocycles. The zero-order chi connectivity index (χ0) is 16.6. The number of nitro benzene ring substituents is 1. The van der Waals surface area contributed by atoms with Gasteiger partial charge in [-0.2, -0.15) is 0 Å². The van der Waals surface area contributed by atoms with E-state index in [1.807, 2.05) is 0 Å². The maximum atomic E-state index is 11.4. The van der Waals surface area contributed by atoms with E-state index >= 15 is 0 Å². The zero-order valence-electron chi connectivity index (χ0n) is 12.2. The first kappa shape index (κ1) is 14.9. The lowest BCUT2D eigenvalue weighted by Crippen LogP contribution is -2.08. The number of methoxy groups -OCH3 is 1. The minimum absolute atomic E-state index is 0.0511. The van der Waals surface area contributed by atoms with Gasteiger partial charge < -0.3 is 14.8 Å². The first-order chi connectivity index (χ1) is 11.0. The number of aromatic carboxylic acids is 1. The molecular formula is C15H13N3O5. The molecule has 2 N–H and O–H groups in total. The number of nitrogens with zero attached hydrogens (tertiary/aromatic N) is 2. The molecule has 0 aliphatic carbocycles. The van der Waals surface area contributed by atoms with Crippen molar-refractivity contribution in [1.82, 2.24) is 9.97 Å². The van der Waals surface area contributed by atoms with Crippen LogP contribution < -0.4 is 0 Å². The second-order valence-corrected chi connectivity index (χ2v) is 5.03. The smallest absolute Gasteiger partial charge is 0.354 e.